The first-order valence-corrected chi connectivity index (χ1v) is 9.34. The molecule has 0 aliphatic rings. The Bertz CT molecular complexity index is 447. The first-order valence-electron chi connectivity index (χ1n) is 9.34. The Balaban J connectivity index is 0.00000576. The SMILES string of the molecule is CCCCCCCNCc1cc(OC(C)C)c(O)c(OC(C)C)c1.Cl. The molecule has 0 heterocycles. The first-order chi connectivity index (χ1) is 11.4. The molecule has 0 atom stereocenters. The molecule has 0 radical (unpaired) electrons. The van der Waals surface area contributed by atoms with E-state index in [0.29, 0.717) is 11.5 Å². The van der Waals surface area contributed by atoms with Crippen LogP contribution in [0.1, 0.15) is 72.3 Å². The molecule has 4 nitrogen and oxygen atoms in total. The van der Waals surface area contributed by atoms with Crippen molar-refractivity contribution in [2.24, 2.45) is 0 Å². The number of phenolic OH excluding ortho intramolecular Hbond substituents is 1. The lowest BCUT2D eigenvalue weighted by atomic mass is 10.1. The summed E-state index contributed by atoms with van der Waals surface area (Å²) in [6.45, 7) is 11.8. The average molecular weight is 374 g/mol. The van der Waals surface area contributed by atoms with Crippen LogP contribution < -0.4 is 14.8 Å². The number of phenols is 1. The maximum absolute atomic E-state index is 10.3. The van der Waals surface area contributed by atoms with Crippen molar-refractivity contribution in [2.75, 3.05) is 6.54 Å². The summed E-state index contributed by atoms with van der Waals surface area (Å²) in [6.07, 6.45) is 6.40. The van der Waals surface area contributed by atoms with Gasteiger partial charge in [-0.05, 0) is 58.4 Å². The summed E-state index contributed by atoms with van der Waals surface area (Å²) in [5.74, 6) is 1.06. The van der Waals surface area contributed by atoms with E-state index in [2.05, 4.69) is 12.2 Å². The highest BCUT2D eigenvalue weighted by atomic mass is 35.5. The fourth-order valence-corrected chi connectivity index (χ4v) is 2.51. The molecule has 0 bridgehead atoms. The molecule has 0 aliphatic heterocycles. The van der Waals surface area contributed by atoms with Gasteiger partial charge >= 0.3 is 0 Å². The van der Waals surface area contributed by atoms with Gasteiger partial charge in [0.25, 0.3) is 0 Å². The average Bonchev–Trinajstić information content (AvgIpc) is 2.49. The van der Waals surface area contributed by atoms with Crippen LogP contribution in [0.25, 0.3) is 0 Å². The molecule has 0 aromatic heterocycles. The molecule has 0 aliphatic carbocycles. The predicted molar refractivity (Wildman–Crippen MR) is 107 cm³/mol. The number of hydrogen-bond acceptors (Lipinski definition) is 4. The van der Waals surface area contributed by atoms with Crippen molar-refractivity contribution in [3.63, 3.8) is 0 Å². The molecule has 146 valence electrons. The Morgan fingerprint density at radius 1 is 0.920 bits per heavy atom. The number of rotatable bonds is 12. The molecule has 5 heteroatoms. The van der Waals surface area contributed by atoms with E-state index in [4.69, 9.17) is 9.47 Å². The third-order valence-corrected chi connectivity index (χ3v) is 3.61. The quantitative estimate of drug-likeness (QED) is 0.478. The first kappa shape index (κ1) is 23.9. The van der Waals surface area contributed by atoms with Crippen LogP contribution in [0.4, 0.5) is 0 Å². The Labute approximate surface area is 159 Å². The lowest BCUT2D eigenvalue weighted by Crippen LogP contribution is -2.15. The lowest BCUT2D eigenvalue weighted by molar-refractivity contribution is 0.210. The minimum atomic E-state index is 0. The maximum atomic E-state index is 10.3. The maximum Gasteiger partial charge on any atom is 0.200 e. The summed E-state index contributed by atoms with van der Waals surface area (Å²) in [4.78, 5) is 0. The molecule has 0 unspecified atom stereocenters. The predicted octanol–water partition coefficient (Wildman–Crippen LogP) is 5.45. The van der Waals surface area contributed by atoms with Gasteiger partial charge in [-0.3, -0.25) is 0 Å². The summed E-state index contributed by atoms with van der Waals surface area (Å²) in [5.41, 5.74) is 1.06. The molecule has 0 spiro atoms. The molecule has 2 N–H and O–H groups in total. The minimum Gasteiger partial charge on any atom is -0.502 e. The summed E-state index contributed by atoms with van der Waals surface area (Å²) < 4.78 is 11.4. The molecule has 1 rings (SSSR count). The Morgan fingerprint density at radius 3 is 1.92 bits per heavy atom. The minimum absolute atomic E-state index is 0. The lowest BCUT2D eigenvalue weighted by Gasteiger charge is -2.18. The molecule has 0 saturated heterocycles. The van der Waals surface area contributed by atoms with E-state index in [1.807, 2.05) is 39.8 Å². The second kappa shape index (κ2) is 13.1. The molecular formula is C20H36ClNO3. The van der Waals surface area contributed by atoms with Crippen molar-refractivity contribution in [3.8, 4) is 17.2 Å². The number of benzene rings is 1. The fourth-order valence-electron chi connectivity index (χ4n) is 2.51. The zero-order chi connectivity index (χ0) is 17.9. The van der Waals surface area contributed by atoms with Crippen LogP contribution in [0.2, 0.25) is 0 Å². The van der Waals surface area contributed by atoms with Gasteiger partial charge in [-0.2, -0.15) is 0 Å². The topological polar surface area (TPSA) is 50.7 Å². The van der Waals surface area contributed by atoms with Gasteiger partial charge < -0.3 is 19.9 Å². The van der Waals surface area contributed by atoms with Crippen LogP contribution in [0.5, 0.6) is 17.2 Å². The Hall–Kier alpha value is -1.13. The number of halogens is 1. The smallest absolute Gasteiger partial charge is 0.200 e. The van der Waals surface area contributed by atoms with E-state index in [1.165, 1.54) is 32.1 Å². The largest absolute Gasteiger partial charge is 0.502 e. The fraction of sp³-hybridized carbons (Fsp3) is 0.700. The van der Waals surface area contributed by atoms with Crippen molar-refractivity contribution >= 4 is 12.4 Å². The van der Waals surface area contributed by atoms with Crippen LogP contribution >= 0.6 is 12.4 Å². The van der Waals surface area contributed by atoms with Crippen molar-refractivity contribution in [1.29, 1.82) is 0 Å². The van der Waals surface area contributed by atoms with Gasteiger partial charge in [-0.1, -0.05) is 32.6 Å². The summed E-state index contributed by atoms with van der Waals surface area (Å²) in [7, 11) is 0. The highest BCUT2D eigenvalue weighted by Crippen LogP contribution is 2.38. The van der Waals surface area contributed by atoms with Crippen LogP contribution in [-0.4, -0.2) is 23.9 Å². The van der Waals surface area contributed by atoms with Gasteiger partial charge in [-0.15, -0.1) is 12.4 Å². The normalized spacial score (nSPS) is 10.8. The Kier molecular flexibility index (Phi) is 12.5. The van der Waals surface area contributed by atoms with Crippen LogP contribution in [-0.2, 0) is 6.54 Å². The third kappa shape index (κ3) is 9.81. The van der Waals surface area contributed by atoms with Gasteiger partial charge in [0.15, 0.2) is 11.5 Å². The molecule has 0 saturated carbocycles. The third-order valence-electron chi connectivity index (χ3n) is 3.61. The zero-order valence-corrected chi connectivity index (χ0v) is 17.2. The van der Waals surface area contributed by atoms with Crippen molar-refractivity contribution in [2.45, 2.75) is 85.5 Å². The highest BCUT2D eigenvalue weighted by Gasteiger charge is 2.14. The van der Waals surface area contributed by atoms with Gasteiger partial charge in [-0.25, -0.2) is 0 Å². The van der Waals surface area contributed by atoms with Crippen LogP contribution in [0.15, 0.2) is 12.1 Å². The zero-order valence-electron chi connectivity index (χ0n) is 16.4. The van der Waals surface area contributed by atoms with Gasteiger partial charge in [0.2, 0.25) is 5.75 Å². The van der Waals surface area contributed by atoms with E-state index in [1.54, 1.807) is 0 Å². The van der Waals surface area contributed by atoms with E-state index in [0.717, 1.165) is 18.7 Å². The molecule has 1 aromatic rings. The number of aromatic hydroxyl groups is 1. The molecular weight excluding hydrogens is 338 g/mol. The number of ether oxygens (including phenoxy) is 2. The molecule has 1 aromatic carbocycles. The van der Waals surface area contributed by atoms with E-state index < -0.39 is 0 Å². The van der Waals surface area contributed by atoms with Crippen LogP contribution in [0, 0.1) is 0 Å². The monoisotopic (exact) mass is 373 g/mol. The van der Waals surface area contributed by atoms with Crippen molar-refractivity contribution in [1.82, 2.24) is 5.32 Å². The number of hydrogen-bond donors (Lipinski definition) is 2. The summed E-state index contributed by atoms with van der Waals surface area (Å²) >= 11 is 0. The number of nitrogens with one attached hydrogen (secondary N) is 1. The molecule has 0 amide bonds. The van der Waals surface area contributed by atoms with Gasteiger partial charge in [0.1, 0.15) is 0 Å². The highest BCUT2D eigenvalue weighted by molar-refractivity contribution is 5.85. The summed E-state index contributed by atoms with van der Waals surface area (Å²) in [6, 6.07) is 3.79. The van der Waals surface area contributed by atoms with Gasteiger partial charge in [0, 0.05) is 6.54 Å². The van der Waals surface area contributed by atoms with E-state index in [-0.39, 0.29) is 30.4 Å². The second-order valence-electron chi connectivity index (χ2n) is 6.86. The standard InChI is InChI=1S/C20H35NO3.ClH/c1-6-7-8-9-10-11-21-14-17-12-18(23-15(2)3)20(22)19(13-17)24-16(4)5;/h12-13,15-16,21-22H,6-11,14H2,1-5H3;1H. The van der Waals surface area contributed by atoms with Crippen molar-refractivity contribution < 1.29 is 14.6 Å². The molecule has 25 heavy (non-hydrogen) atoms. The van der Waals surface area contributed by atoms with Crippen LogP contribution in [0.3, 0.4) is 0 Å². The van der Waals surface area contributed by atoms with Gasteiger partial charge in [0.05, 0.1) is 12.2 Å². The molecule has 0 fully saturated rings. The van der Waals surface area contributed by atoms with E-state index in [9.17, 15) is 5.11 Å². The van der Waals surface area contributed by atoms with Crippen molar-refractivity contribution in [3.05, 3.63) is 17.7 Å². The van der Waals surface area contributed by atoms with E-state index >= 15 is 0 Å². The second-order valence-corrected chi connectivity index (χ2v) is 6.86. The number of unbranched alkanes of at least 4 members (excludes halogenated alkanes) is 4. The summed E-state index contributed by atoms with van der Waals surface area (Å²) in [5, 5.41) is 13.8. The Morgan fingerprint density at radius 2 is 1.44 bits per heavy atom.